The maximum atomic E-state index is 11.5. The molecule has 0 bridgehead atoms. The lowest BCUT2D eigenvalue weighted by Crippen LogP contribution is -2.01. The van der Waals surface area contributed by atoms with Crippen LogP contribution >= 0.6 is 0 Å². The van der Waals surface area contributed by atoms with Crippen LogP contribution < -0.4 is 0 Å². The largest absolute Gasteiger partial charge is 0.353 e. The highest BCUT2D eigenvalue weighted by molar-refractivity contribution is 5.81. The molecule has 0 amide bonds. The Hall–Kier alpha value is -1.97. The maximum absolute atomic E-state index is 11.5. The SMILES string of the molecule is O=C(Cc1ccc2ncccc2c1)OF. The number of carbonyl (C=O) groups excluding carboxylic acids is 1. The Balaban J connectivity index is 2.34. The standard InChI is InChI=1S/C11H8FNO2/c12-15-11(14)7-8-3-4-10-9(6-8)2-1-5-13-10/h1-6H,7H2. The molecule has 2 rings (SSSR count). The molecule has 0 saturated carbocycles. The Morgan fingerprint density at radius 3 is 3.07 bits per heavy atom. The molecule has 4 heteroatoms. The number of rotatable bonds is 2. The van der Waals surface area contributed by atoms with Crippen molar-refractivity contribution in [3.8, 4) is 0 Å². The Bertz CT molecular complexity index is 499. The molecule has 1 heterocycles. The zero-order valence-corrected chi connectivity index (χ0v) is 7.81. The number of carbonyl (C=O) groups is 1. The second-order valence-corrected chi connectivity index (χ2v) is 3.16. The fraction of sp³-hybridized carbons (Fsp3) is 0.0909. The summed E-state index contributed by atoms with van der Waals surface area (Å²) in [7, 11) is 0. The molecule has 0 radical (unpaired) electrons. The van der Waals surface area contributed by atoms with E-state index in [1.54, 1.807) is 30.5 Å². The van der Waals surface area contributed by atoms with Gasteiger partial charge in [0.25, 0.3) is 0 Å². The second kappa shape index (κ2) is 4.04. The lowest BCUT2D eigenvalue weighted by atomic mass is 10.1. The van der Waals surface area contributed by atoms with Crippen LogP contribution in [0.25, 0.3) is 10.9 Å². The van der Waals surface area contributed by atoms with E-state index in [-0.39, 0.29) is 6.42 Å². The van der Waals surface area contributed by atoms with Crippen LogP contribution in [0.5, 0.6) is 0 Å². The number of hydrogen-bond acceptors (Lipinski definition) is 3. The van der Waals surface area contributed by atoms with Gasteiger partial charge in [0.05, 0.1) is 11.9 Å². The van der Waals surface area contributed by atoms with Gasteiger partial charge in [-0.15, -0.1) is 0 Å². The maximum Gasteiger partial charge on any atom is 0.353 e. The predicted octanol–water partition coefficient (Wildman–Crippen LogP) is 2.21. The molecule has 0 spiro atoms. The lowest BCUT2D eigenvalue weighted by molar-refractivity contribution is -0.182. The van der Waals surface area contributed by atoms with Gasteiger partial charge in [-0.05, 0) is 23.8 Å². The minimum Gasteiger partial charge on any atom is -0.256 e. The third kappa shape index (κ3) is 2.10. The molecule has 3 nitrogen and oxygen atoms in total. The van der Waals surface area contributed by atoms with Gasteiger partial charge in [0.1, 0.15) is 0 Å². The van der Waals surface area contributed by atoms with Crippen molar-refractivity contribution in [2.24, 2.45) is 0 Å². The third-order valence-electron chi connectivity index (χ3n) is 2.10. The molecular weight excluding hydrogens is 197 g/mol. The summed E-state index contributed by atoms with van der Waals surface area (Å²) in [5, 5.41) is 0.918. The molecule has 0 atom stereocenters. The van der Waals surface area contributed by atoms with Crippen LogP contribution in [0.4, 0.5) is 4.53 Å². The van der Waals surface area contributed by atoms with Crippen LogP contribution in [0.1, 0.15) is 5.56 Å². The summed E-state index contributed by atoms with van der Waals surface area (Å²) >= 11 is 0. The first kappa shape index (κ1) is 9.58. The summed E-state index contributed by atoms with van der Waals surface area (Å²) in [5.74, 6) is -0.891. The molecule has 0 N–H and O–H groups in total. The van der Waals surface area contributed by atoms with E-state index < -0.39 is 5.97 Å². The number of benzene rings is 1. The van der Waals surface area contributed by atoms with Crippen molar-refractivity contribution < 1.29 is 14.3 Å². The van der Waals surface area contributed by atoms with Gasteiger partial charge in [0, 0.05) is 16.1 Å². The van der Waals surface area contributed by atoms with E-state index >= 15 is 0 Å². The van der Waals surface area contributed by atoms with Gasteiger partial charge in [-0.3, -0.25) is 9.93 Å². The van der Waals surface area contributed by atoms with Gasteiger partial charge >= 0.3 is 5.97 Å². The van der Waals surface area contributed by atoms with E-state index in [0.29, 0.717) is 5.56 Å². The van der Waals surface area contributed by atoms with Crippen LogP contribution in [0.15, 0.2) is 36.5 Å². The minimum absolute atomic E-state index is 0.0681. The summed E-state index contributed by atoms with van der Waals surface area (Å²) in [6.45, 7) is 0. The number of pyridine rings is 1. The predicted molar refractivity (Wildman–Crippen MR) is 52.6 cm³/mol. The number of halogens is 1. The summed E-state index contributed by atoms with van der Waals surface area (Å²) in [5.41, 5.74) is 1.55. The summed E-state index contributed by atoms with van der Waals surface area (Å²) in [4.78, 5) is 17.9. The van der Waals surface area contributed by atoms with E-state index in [0.717, 1.165) is 10.9 Å². The molecule has 15 heavy (non-hydrogen) atoms. The monoisotopic (exact) mass is 205 g/mol. The van der Waals surface area contributed by atoms with Crippen LogP contribution in [0.2, 0.25) is 0 Å². The Kier molecular flexibility index (Phi) is 2.58. The molecule has 0 fully saturated rings. The highest BCUT2D eigenvalue weighted by Gasteiger charge is 2.05. The molecule has 1 aromatic carbocycles. The normalized spacial score (nSPS) is 10.2. The van der Waals surface area contributed by atoms with Crippen molar-refractivity contribution in [2.45, 2.75) is 6.42 Å². The average molecular weight is 205 g/mol. The molecule has 76 valence electrons. The first-order chi connectivity index (χ1) is 7.29. The first-order valence-corrected chi connectivity index (χ1v) is 4.44. The van der Waals surface area contributed by atoms with Crippen molar-refractivity contribution >= 4 is 16.9 Å². The summed E-state index contributed by atoms with van der Waals surface area (Å²) in [6, 6.07) is 8.99. The third-order valence-corrected chi connectivity index (χ3v) is 2.10. The fourth-order valence-electron chi connectivity index (χ4n) is 1.43. The van der Waals surface area contributed by atoms with Gasteiger partial charge in [0.2, 0.25) is 0 Å². The molecule has 0 aliphatic rings. The van der Waals surface area contributed by atoms with Crippen LogP contribution in [-0.4, -0.2) is 11.0 Å². The van der Waals surface area contributed by atoms with Crippen molar-refractivity contribution in [3.05, 3.63) is 42.1 Å². The van der Waals surface area contributed by atoms with E-state index in [2.05, 4.69) is 9.93 Å². The Morgan fingerprint density at radius 1 is 1.40 bits per heavy atom. The molecule has 0 aliphatic heterocycles. The van der Waals surface area contributed by atoms with Crippen molar-refractivity contribution in [1.82, 2.24) is 4.98 Å². The number of fused-ring (bicyclic) bond motifs is 1. The highest BCUT2D eigenvalue weighted by Crippen LogP contribution is 2.13. The molecule has 1 aromatic heterocycles. The molecule has 0 aliphatic carbocycles. The van der Waals surface area contributed by atoms with Crippen LogP contribution in [0, 0.1) is 0 Å². The van der Waals surface area contributed by atoms with E-state index in [9.17, 15) is 9.32 Å². The zero-order valence-electron chi connectivity index (χ0n) is 7.81. The number of nitrogens with zero attached hydrogens (tertiary/aromatic N) is 1. The number of hydrogen-bond donors (Lipinski definition) is 0. The van der Waals surface area contributed by atoms with Crippen LogP contribution in [0.3, 0.4) is 0 Å². The van der Waals surface area contributed by atoms with Gasteiger partial charge in [0.15, 0.2) is 0 Å². The fourth-order valence-corrected chi connectivity index (χ4v) is 1.43. The van der Waals surface area contributed by atoms with Crippen molar-refractivity contribution in [3.63, 3.8) is 0 Å². The number of aromatic nitrogens is 1. The second-order valence-electron chi connectivity index (χ2n) is 3.16. The smallest absolute Gasteiger partial charge is 0.256 e. The molecular formula is C11H8FNO2. The van der Waals surface area contributed by atoms with Crippen molar-refractivity contribution in [1.29, 1.82) is 0 Å². The van der Waals surface area contributed by atoms with Gasteiger partial charge in [-0.2, -0.15) is 0 Å². The topological polar surface area (TPSA) is 39.2 Å². The van der Waals surface area contributed by atoms with Gasteiger partial charge in [-0.25, -0.2) is 4.79 Å². The Labute approximate surface area is 85.4 Å². The van der Waals surface area contributed by atoms with E-state index in [4.69, 9.17) is 0 Å². The van der Waals surface area contributed by atoms with Crippen LogP contribution in [-0.2, 0) is 16.2 Å². The van der Waals surface area contributed by atoms with E-state index in [1.807, 2.05) is 6.07 Å². The van der Waals surface area contributed by atoms with Gasteiger partial charge < -0.3 is 0 Å². The first-order valence-electron chi connectivity index (χ1n) is 4.44. The molecule has 2 aromatic rings. The average Bonchev–Trinajstić information content (AvgIpc) is 2.29. The van der Waals surface area contributed by atoms with Gasteiger partial charge in [-0.1, -0.05) is 12.1 Å². The molecule has 0 unspecified atom stereocenters. The quantitative estimate of drug-likeness (QED) is 0.754. The summed E-state index contributed by atoms with van der Waals surface area (Å²) < 4.78 is 11.5. The zero-order chi connectivity index (χ0) is 10.7. The highest BCUT2D eigenvalue weighted by atomic mass is 19.3. The van der Waals surface area contributed by atoms with E-state index in [1.165, 1.54) is 0 Å². The lowest BCUT2D eigenvalue weighted by Gasteiger charge is -2.00. The Morgan fingerprint density at radius 2 is 2.27 bits per heavy atom. The summed E-state index contributed by atoms with van der Waals surface area (Å²) in [6.07, 6.45) is 1.62. The van der Waals surface area contributed by atoms with Crippen molar-refractivity contribution in [2.75, 3.05) is 0 Å². The minimum atomic E-state index is -0.891. The molecule has 0 saturated heterocycles.